The van der Waals surface area contributed by atoms with Gasteiger partial charge in [0.05, 0.1) is 43.4 Å². The maximum absolute atomic E-state index is 13.7. The number of methoxy groups -OCH3 is 1. The maximum atomic E-state index is 13.7. The summed E-state index contributed by atoms with van der Waals surface area (Å²) in [6.07, 6.45) is 0. The molecule has 1 aliphatic rings. The van der Waals surface area contributed by atoms with Crippen molar-refractivity contribution >= 4 is 28.9 Å². The van der Waals surface area contributed by atoms with Gasteiger partial charge in [-0.25, -0.2) is 4.98 Å². The summed E-state index contributed by atoms with van der Waals surface area (Å²) in [5, 5.41) is 0. The van der Waals surface area contributed by atoms with Crippen LogP contribution in [0.4, 0.5) is 5.95 Å². The van der Waals surface area contributed by atoms with Crippen LogP contribution < -0.4 is 9.64 Å². The number of para-hydroxylation sites is 2. The Kier molecular flexibility index (Phi) is 6.41. The number of hydrogen-bond donors (Lipinski definition) is 0. The minimum atomic E-state index is -1.06. The Morgan fingerprint density at radius 1 is 1.09 bits per heavy atom. The standard InChI is InChI=1S/C24H27N3O5/c1-4-31-17-10-8-9-16(15-17)21-20(23(29)32-5-2)22(28)26(13-14-30-3)24-25-18-11-6-7-12-19(18)27(21)24/h6-12,15,20-21H,4-5,13-14H2,1-3H3/t20-,21+/m1/s1. The molecule has 32 heavy (non-hydrogen) atoms. The first kappa shape index (κ1) is 21.8. The monoisotopic (exact) mass is 437 g/mol. The highest BCUT2D eigenvalue weighted by Gasteiger charge is 2.47. The molecular weight excluding hydrogens is 410 g/mol. The van der Waals surface area contributed by atoms with E-state index < -0.39 is 17.9 Å². The molecular formula is C24H27N3O5. The van der Waals surface area contributed by atoms with Crippen molar-refractivity contribution in [3.8, 4) is 5.75 Å². The second-order valence-corrected chi connectivity index (χ2v) is 7.43. The molecule has 168 valence electrons. The lowest BCUT2D eigenvalue weighted by atomic mass is 9.89. The average Bonchev–Trinajstić information content (AvgIpc) is 3.17. The zero-order chi connectivity index (χ0) is 22.7. The second kappa shape index (κ2) is 9.40. The number of imidazole rings is 1. The zero-order valence-electron chi connectivity index (χ0n) is 18.5. The lowest BCUT2D eigenvalue weighted by Gasteiger charge is -2.37. The van der Waals surface area contributed by atoms with Gasteiger partial charge in [0.15, 0.2) is 5.92 Å². The summed E-state index contributed by atoms with van der Waals surface area (Å²) in [6.45, 7) is 4.93. The van der Waals surface area contributed by atoms with Gasteiger partial charge in [-0.05, 0) is 43.7 Å². The number of ether oxygens (including phenoxy) is 3. The molecule has 8 nitrogen and oxygen atoms in total. The van der Waals surface area contributed by atoms with E-state index in [0.29, 0.717) is 24.9 Å². The van der Waals surface area contributed by atoms with Crippen molar-refractivity contribution < 1.29 is 23.8 Å². The van der Waals surface area contributed by atoms with Gasteiger partial charge in [-0.2, -0.15) is 0 Å². The lowest BCUT2D eigenvalue weighted by molar-refractivity contribution is -0.153. The summed E-state index contributed by atoms with van der Waals surface area (Å²) >= 11 is 0. The highest BCUT2D eigenvalue weighted by molar-refractivity contribution is 6.08. The van der Waals surface area contributed by atoms with Gasteiger partial charge >= 0.3 is 5.97 Å². The minimum absolute atomic E-state index is 0.184. The lowest BCUT2D eigenvalue weighted by Crippen LogP contribution is -2.51. The van der Waals surface area contributed by atoms with E-state index in [0.717, 1.165) is 16.6 Å². The van der Waals surface area contributed by atoms with Gasteiger partial charge in [0.2, 0.25) is 11.9 Å². The van der Waals surface area contributed by atoms with E-state index in [9.17, 15) is 9.59 Å². The van der Waals surface area contributed by atoms with Gasteiger partial charge in [0, 0.05) is 7.11 Å². The van der Waals surface area contributed by atoms with Crippen molar-refractivity contribution in [3.05, 3.63) is 54.1 Å². The van der Waals surface area contributed by atoms with Crippen LogP contribution in [-0.4, -0.2) is 54.9 Å². The second-order valence-electron chi connectivity index (χ2n) is 7.43. The van der Waals surface area contributed by atoms with Crippen molar-refractivity contribution in [1.29, 1.82) is 0 Å². The molecule has 1 aromatic heterocycles. The molecule has 2 heterocycles. The molecule has 0 N–H and O–H groups in total. The Labute approximate surface area is 186 Å². The van der Waals surface area contributed by atoms with Crippen molar-refractivity contribution in [3.63, 3.8) is 0 Å². The fourth-order valence-electron chi connectivity index (χ4n) is 4.20. The van der Waals surface area contributed by atoms with E-state index in [1.165, 1.54) is 4.90 Å². The Morgan fingerprint density at radius 2 is 1.91 bits per heavy atom. The third kappa shape index (κ3) is 3.82. The van der Waals surface area contributed by atoms with E-state index in [1.54, 1.807) is 14.0 Å². The van der Waals surface area contributed by atoms with Crippen LogP contribution in [-0.2, 0) is 19.1 Å². The summed E-state index contributed by atoms with van der Waals surface area (Å²) in [6, 6.07) is 14.5. The van der Waals surface area contributed by atoms with Gasteiger partial charge in [-0.3, -0.25) is 14.5 Å². The molecule has 2 aromatic carbocycles. The number of nitrogens with zero attached hydrogens (tertiary/aromatic N) is 3. The van der Waals surface area contributed by atoms with Crippen LogP contribution in [0.2, 0.25) is 0 Å². The SMILES string of the molecule is CCOC(=O)[C@H]1C(=O)N(CCOC)c2nc3ccccc3n2[C@H]1c1cccc(OCC)c1. The molecule has 2 atom stereocenters. The van der Waals surface area contributed by atoms with Crippen molar-refractivity contribution in [1.82, 2.24) is 9.55 Å². The van der Waals surface area contributed by atoms with Crippen LogP contribution in [0.1, 0.15) is 25.5 Å². The van der Waals surface area contributed by atoms with E-state index >= 15 is 0 Å². The van der Waals surface area contributed by atoms with Gasteiger partial charge in [0.1, 0.15) is 5.75 Å². The summed E-state index contributed by atoms with van der Waals surface area (Å²) in [5.74, 6) is -0.812. The molecule has 0 bridgehead atoms. The first-order valence-electron chi connectivity index (χ1n) is 10.8. The molecule has 4 rings (SSSR count). The van der Waals surface area contributed by atoms with Crippen molar-refractivity contribution in [2.45, 2.75) is 19.9 Å². The molecule has 3 aromatic rings. The van der Waals surface area contributed by atoms with Crippen LogP contribution in [0.5, 0.6) is 5.75 Å². The number of amides is 1. The summed E-state index contributed by atoms with van der Waals surface area (Å²) in [4.78, 5) is 33.1. The van der Waals surface area contributed by atoms with Crippen molar-refractivity contribution in [2.24, 2.45) is 5.92 Å². The highest BCUT2D eigenvalue weighted by atomic mass is 16.5. The molecule has 0 spiro atoms. The largest absolute Gasteiger partial charge is 0.494 e. The number of aromatic nitrogens is 2. The van der Waals surface area contributed by atoms with Gasteiger partial charge in [-0.1, -0.05) is 24.3 Å². The fourth-order valence-corrected chi connectivity index (χ4v) is 4.20. The van der Waals surface area contributed by atoms with Crippen LogP contribution in [0.15, 0.2) is 48.5 Å². The van der Waals surface area contributed by atoms with Crippen molar-refractivity contribution in [2.75, 3.05) is 38.4 Å². The van der Waals surface area contributed by atoms with E-state index in [1.807, 2.05) is 60.0 Å². The maximum Gasteiger partial charge on any atom is 0.321 e. The Hall–Kier alpha value is -3.39. The van der Waals surface area contributed by atoms with Gasteiger partial charge in [0.25, 0.3) is 0 Å². The summed E-state index contributed by atoms with van der Waals surface area (Å²) < 4.78 is 18.2. The van der Waals surface area contributed by atoms with E-state index in [2.05, 4.69) is 0 Å². The number of carbonyl (C=O) groups is 2. The summed E-state index contributed by atoms with van der Waals surface area (Å²) in [5.41, 5.74) is 2.35. The quantitative estimate of drug-likeness (QED) is 0.398. The molecule has 0 fully saturated rings. The molecule has 0 aliphatic carbocycles. The third-order valence-corrected chi connectivity index (χ3v) is 5.51. The van der Waals surface area contributed by atoms with Crippen LogP contribution >= 0.6 is 0 Å². The highest BCUT2D eigenvalue weighted by Crippen LogP contribution is 2.41. The van der Waals surface area contributed by atoms with E-state index in [-0.39, 0.29) is 19.1 Å². The zero-order valence-corrected chi connectivity index (χ0v) is 18.5. The first-order chi connectivity index (χ1) is 15.6. The number of rotatable bonds is 8. The number of carbonyl (C=O) groups excluding carboxylic acids is 2. The number of esters is 1. The molecule has 0 saturated heterocycles. The smallest absolute Gasteiger partial charge is 0.321 e. The molecule has 1 aliphatic heterocycles. The number of hydrogen-bond acceptors (Lipinski definition) is 6. The molecule has 0 saturated carbocycles. The van der Waals surface area contributed by atoms with Gasteiger partial charge < -0.3 is 18.8 Å². The van der Waals surface area contributed by atoms with Gasteiger partial charge in [-0.15, -0.1) is 0 Å². The van der Waals surface area contributed by atoms with Crippen LogP contribution in [0, 0.1) is 5.92 Å². The third-order valence-electron chi connectivity index (χ3n) is 5.51. The predicted molar refractivity (Wildman–Crippen MR) is 120 cm³/mol. The van der Waals surface area contributed by atoms with E-state index in [4.69, 9.17) is 19.2 Å². The Bertz CT molecular complexity index is 1130. The van der Waals surface area contributed by atoms with Crippen LogP contribution in [0.3, 0.4) is 0 Å². The normalized spacial score (nSPS) is 18.0. The Morgan fingerprint density at radius 3 is 2.66 bits per heavy atom. The molecule has 0 radical (unpaired) electrons. The Balaban J connectivity index is 1.96. The molecule has 0 unspecified atom stereocenters. The first-order valence-corrected chi connectivity index (χ1v) is 10.8. The minimum Gasteiger partial charge on any atom is -0.494 e. The van der Waals surface area contributed by atoms with Crippen LogP contribution in [0.25, 0.3) is 11.0 Å². The molecule has 1 amide bonds. The predicted octanol–water partition coefficient (Wildman–Crippen LogP) is 3.20. The fraction of sp³-hybridized carbons (Fsp3) is 0.375. The number of benzene rings is 2. The number of anilines is 1. The number of fused-ring (bicyclic) bond motifs is 3. The molecule has 8 heteroatoms. The summed E-state index contributed by atoms with van der Waals surface area (Å²) in [7, 11) is 1.57. The average molecular weight is 437 g/mol. The topological polar surface area (TPSA) is 82.9 Å².